The van der Waals surface area contributed by atoms with Crippen molar-refractivity contribution in [1.29, 1.82) is 5.26 Å². The third-order valence-corrected chi connectivity index (χ3v) is 2.48. The summed E-state index contributed by atoms with van der Waals surface area (Å²) in [6, 6.07) is 16.4. The van der Waals surface area contributed by atoms with Gasteiger partial charge >= 0.3 is 0 Å². The Morgan fingerprint density at radius 1 is 1.00 bits per heavy atom. The quantitative estimate of drug-likeness (QED) is 0.657. The molecule has 0 atom stereocenters. The molecule has 0 saturated carbocycles. The summed E-state index contributed by atoms with van der Waals surface area (Å²) in [5, 5.41) is 8.91. The van der Waals surface area contributed by atoms with Gasteiger partial charge in [-0.05, 0) is 24.3 Å². The lowest BCUT2D eigenvalue weighted by atomic mass is 10.2. The lowest BCUT2D eigenvalue weighted by molar-refractivity contribution is 0.217. The highest BCUT2D eigenvalue weighted by atomic mass is 16.5. The molecule has 0 aliphatic carbocycles. The van der Waals surface area contributed by atoms with Crippen molar-refractivity contribution in [2.24, 2.45) is 0 Å². The summed E-state index contributed by atoms with van der Waals surface area (Å²) in [5.74, 6) is 1.28. The fraction of sp³-hybridized carbons (Fsp3) is 0.133. The fourth-order valence-electron chi connectivity index (χ4n) is 1.60. The molecule has 0 unspecified atom stereocenters. The van der Waals surface area contributed by atoms with E-state index in [9.17, 15) is 0 Å². The molecule has 0 amide bonds. The van der Waals surface area contributed by atoms with Gasteiger partial charge in [-0.25, -0.2) is 0 Å². The average molecular weight is 254 g/mol. The summed E-state index contributed by atoms with van der Waals surface area (Å²) in [6.07, 6.45) is 0. The molecule has 0 fully saturated rings. The lowest BCUT2D eigenvalue weighted by Crippen LogP contribution is -2.09. The van der Waals surface area contributed by atoms with Crippen molar-refractivity contribution in [3.05, 3.63) is 54.1 Å². The Hall–Kier alpha value is -2.67. The monoisotopic (exact) mass is 254 g/mol. The predicted molar refractivity (Wildman–Crippen MR) is 73.0 cm³/mol. The number of nitriles is 1. The first-order valence-electron chi connectivity index (χ1n) is 5.90. The van der Waals surface area contributed by atoms with E-state index < -0.39 is 0 Å². The maximum Gasteiger partial charge on any atom is 0.137 e. The van der Waals surface area contributed by atoms with Gasteiger partial charge in [0.1, 0.15) is 30.8 Å². The molecule has 19 heavy (non-hydrogen) atoms. The van der Waals surface area contributed by atoms with E-state index in [1.165, 1.54) is 0 Å². The Bertz CT molecular complexity index is 591. The molecule has 96 valence electrons. The molecule has 2 rings (SSSR count). The van der Waals surface area contributed by atoms with E-state index in [2.05, 4.69) is 6.07 Å². The number of nitrogens with two attached hydrogens (primary N) is 1. The van der Waals surface area contributed by atoms with Crippen LogP contribution in [0.4, 0.5) is 5.69 Å². The Morgan fingerprint density at radius 2 is 1.79 bits per heavy atom. The number of nitrogen functional groups attached to an aromatic ring is 1. The Kier molecular flexibility index (Phi) is 4.25. The fourth-order valence-corrected chi connectivity index (χ4v) is 1.60. The van der Waals surface area contributed by atoms with Gasteiger partial charge in [-0.1, -0.05) is 18.2 Å². The second kappa shape index (κ2) is 6.31. The van der Waals surface area contributed by atoms with Gasteiger partial charge in [-0.15, -0.1) is 0 Å². The molecule has 0 spiro atoms. The van der Waals surface area contributed by atoms with Gasteiger partial charge in [0.15, 0.2) is 0 Å². The van der Waals surface area contributed by atoms with Crippen molar-refractivity contribution in [2.75, 3.05) is 18.9 Å². The van der Waals surface area contributed by atoms with Crippen LogP contribution >= 0.6 is 0 Å². The Labute approximate surface area is 112 Å². The number of nitrogens with zero attached hydrogens (tertiary/aromatic N) is 1. The van der Waals surface area contributed by atoms with Crippen LogP contribution in [0.5, 0.6) is 11.5 Å². The molecule has 0 saturated heterocycles. The SMILES string of the molecule is N#Cc1ccccc1OCCOc1cccc(N)c1. The summed E-state index contributed by atoms with van der Waals surface area (Å²) in [5.41, 5.74) is 6.82. The van der Waals surface area contributed by atoms with Gasteiger partial charge < -0.3 is 15.2 Å². The number of benzene rings is 2. The first-order valence-corrected chi connectivity index (χ1v) is 5.90. The second-order valence-corrected chi connectivity index (χ2v) is 3.88. The summed E-state index contributed by atoms with van der Waals surface area (Å²) in [7, 11) is 0. The number of anilines is 1. The van der Waals surface area contributed by atoms with Gasteiger partial charge in [-0.2, -0.15) is 5.26 Å². The minimum Gasteiger partial charge on any atom is -0.490 e. The second-order valence-electron chi connectivity index (χ2n) is 3.88. The van der Waals surface area contributed by atoms with Gasteiger partial charge in [0.25, 0.3) is 0 Å². The van der Waals surface area contributed by atoms with E-state index in [0.717, 1.165) is 0 Å². The largest absolute Gasteiger partial charge is 0.490 e. The molecular weight excluding hydrogens is 240 g/mol. The highest BCUT2D eigenvalue weighted by molar-refractivity contribution is 5.44. The topological polar surface area (TPSA) is 68.3 Å². The summed E-state index contributed by atoms with van der Waals surface area (Å²) < 4.78 is 11.0. The molecule has 0 aliphatic rings. The Balaban J connectivity index is 1.83. The highest BCUT2D eigenvalue weighted by Gasteiger charge is 2.01. The number of hydrogen-bond acceptors (Lipinski definition) is 4. The van der Waals surface area contributed by atoms with Crippen LogP contribution in [-0.2, 0) is 0 Å². The lowest BCUT2D eigenvalue weighted by Gasteiger charge is -2.09. The van der Waals surface area contributed by atoms with E-state index >= 15 is 0 Å². The van der Waals surface area contributed by atoms with E-state index in [0.29, 0.717) is 36.0 Å². The third kappa shape index (κ3) is 3.65. The van der Waals surface area contributed by atoms with Crippen molar-refractivity contribution in [3.8, 4) is 17.6 Å². The van der Waals surface area contributed by atoms with Gasteiger partial charge in [-0.3, -0.25) is 0 Å². The predicted octanol–water partition coefficient (Wildman–Crippen LogP) is 2.60. The minimum absolute atomic E-state index is 0.369. The van der Waals surface area contributed by atoms with Crippen LogP contribution in [0.25, 0.3) is 0 Å². The van der Waals surface area contributed by atoms with Crippen LogP contribution < -0.4 is 15.2 Å². The molecule has 2 aromatic rings. The molecule has 0 heterocycles. The van der Waals surface area contributed by atoms with Crippen molar-refractivity contribution < 1.29 is 9.47 Å². The van der Waals surface area contributed by atoms with Crippen molar-refractivity contribution in [3.63, 3.8) is 0 Å². The van der Waals surface area contributed by atoms with E-state index in [-0.39, 0.29) is 0 Å². The summed E-state index contributed by atoms with van der Waals surface area (Å²) >= 11 is 0. The van der Waals surface area contributed by atoms with Crippen molar-refractivity contribution in [1.82, 2.24) is 0 Å². The van der Waals surface area contributed by atoms with Crippen molar-refractivity contribution >= 4 is 5.69 Å². The first kappa shape index (κ1) is 12.8. The summed E-state index contributed by atoms with van der Waals surface area (Å²) in [4.78, 5) is 0. The number of hydrogen-bond donors (Lipinski definition) is 1. The normalized spacial score (nSPS) is 9.63. The standard InChI is InChI=1S/C15H14N2O2/c16-11-12-4-1-2-7-15(12)19-9-8-18-14-6-3-5-13(17)10-14/h1-7,10H,8-9,17H2. The van der Waals surface area contributed by atoms with Crippen LogP contribution in [0.15, 0.2) is 48.5 Å². The molecule has 4 heteroatoms. The van der Waals surface area contributed by atoms with Crippen LogP contribution in [0.2, 0.25) is 0 Å². The molecular formula is C15H14N2O2. The zero-order valence-corrected chi connectivity index (χ0v) is 10.4. The number of rotatable bonds is 5. The van der Waals surface area contributed by atoms with Gasteiger partial charge in [0, 0.05) is 11.8 Å². The van der Waals surface area contributed by atoms with E-state index in [1.807, 2.05) is 18.2 Å². The number of para-hydroxylation sites is 1. The maximum atomic E-state index is 8.91. The molecule has 2 aromatic carbocycles. The Morgan fingerprint density at radius 3 is 2.58 bits per heavy atom. The van der Waals surface area contributed by atoms with E-state index in [1.54, 1.807) is 30.3 Å². The van der Waals surface area contributed by atoms with Crippen LogP contribution in [0, 0.1) is 11.3 Å². The molecule has 0 bridgehead atoms. The average Bonchev–Trinajstić information content (AvgIpc) is 2.44. The molecule has 0 aliphatic heterocycles. The van der Waals surface area contributed by atoms with Gasteiger partial charge in [0.05, 0.1) is 5.56 Å². The summed E-state index contributed by atoms with van der Waals surface area (Å²) in [6.45, 7) is 0.761. The van der Waals surface area contributed by atoms with E-state index in [4.69, 9.17) is 20.5 Å². The first-order chi connectivity index (χ1) is 9.29. The molecule has 4 nitrogen and oxygen atoms in total. The third-order valence-electron chi connectivity index (χ3n) is 2.48. The zero-order valence-electron chi connectivity index (χ0n) is 10.4. The highest BCUT2D eigenvalue weighted by Crippen LogP contribution is 2.17. The van der Waals surface area contributed by atoms with Crippen molar-refractivity contribution in [2.45, 2.75) is 0 Å². The smallest absolute Gasteiger partial charge is 0.137 e. The molecule has 0 radical (unpaired) electrons. The molecule has 0 aromatic heterocycles. The zero-order chi connectivity index (χ0) is 13.5. The van der Waals surface area contributed by atoms with Gasteiger partial charge in [0.2, 0.25) is 0 Å². The van der Waals surface area contributed by atoms with Crippen LogP contribution in [-0.4, -0.2) is 13.2 Å². The minimum atomic E-state index is 0.369. The van der Waals surface area contributed by atoms with Crippen LogP contribution in [0.3, 0.4) is 0 Å². The maximum absolute atomic E-state index is 8.91. The molecule has 2 N–H and O–H groups in total. The number of ether oxygens (including phenoxy) is 2. The van der Waals surface area contributed by atoms with Crippen LogP contribution in [0.1, 0.15) is 5.56 Å².